The first kappa shape index (κ1) is 33.2. The third kappa shape index (κ3) is 4.90. The molecule has 11 aromatic rings. The number of nitrogens with zero attached hydrogens (tertiary/aromatic N) is 2. The maximum atomic E-state index is 2.49. The molecule has 0 spiro atoms. The lowest BCUT2D eigenvalue weighted by atomic mass is 9.82. The highest BCUT2D eigenvalue weighted by Crippen LogP contribution is 2.52. The van der Waals surface area contributed by atoms with Crippen LogP contribution in [0, 0.1) is 0 Å². The van der Waals surface area contributed by atoms with E-state index in [0.717, 1.165) is 17.1 Å². The Balaban J connectivity index is 1.01. The number of aromatic nitrogens is 1. The third-order valence-electron chi connectivity index (χ3n) is 12.6. The van der Waals surface area contributed by atoms with Crippen LogP contribution >= 0.6 is 11.3 Å². The van der Waals surface area contributed by atoms with Crippen molar-refractivity contribution in [3.05, 3.63) is 205 Å². The molecule has 58 heavy (non-hydrogen) atoms. The number of para-hydroxylation sites is 1. The Labute approximate surface area is 341 Å². The largest absolute Gasteiger partial charge is 0.310 e. The summed E-state index contributed by atoms with van der Waals surface area (Å²) in [6, 6.07) is 71.9. The minimum absolute atomic E-state index is 0.228. The molecule has 0 saturated carbocycles. The van der Waals surface area contributed by atoms with Gasteiger partial charge in [-0.15, -0.1) is 11.3 Å². The molecular weight excluding hydrogens is 721 g/mol. The van der Waals surface area contributed by atoms with Gasteiger partial charge in [0.1, 0.15) is 0 Å². The molecule has 1 aliphatic carbocycles. The van der Waals surface area contributed by atoms with Crippen molar-refractivity contribution in [2.75, 3.05) is 4.90 Å². The molecule has 2 nitrogen and oxygen atoms in total. The summed E-state index contributed by atoms with van der Waals surface area (Å²) in [7, 11) is 0. The molecule has 0 radical (unpaired) electrons. The lowest BCUT2D eigenvalue weighted by Crippen LogP contribution is -2.17. The highest BCUT2D eigenvalue weighted by Gasteiger charge is 2.36. The van der Waals surface area contributed by atoms with Gasteiger partial charge in [0.25, 0.3) is 0 Å². The smallest absolute Gasteiger partial charge is 0.0619 e. The predicted molar refractivity (Wildman–Crippen MR) is 249 cm³/mol. The van der Waals surface area contributed by atoms with Crippen LogP contribution in [0.25, 0.3) is 80.7 Å². The van der Waals surface area contributed by atoms with Crippen LogP contribution in [0.15, 0.2) is 194 Å². The molecule has 0 fully saturated rings. The van der Waals surface area contributed by atoms with Gasteiger partial charge in [-0.1, -0.05) is 141 Å². The van der Waals surface area contributed by atoms with Crippen molar-refractivity contribution < 1.29 is 0 Å². The van der Waals surface area contributed by atoms with Crippen molar-refractivity contribution in [3.63, 3.8) is 0 Å². The Bertz CT molecular complexity index is 3420. The van der Waals surface area contributed by atoms with E-state index in [9.17, 15) is 0 Å². The molecule has 2 heterocycles. The van der Waals surface area contributed by atoms with E-state index in [4.69, 9.17) is 0 Å². The summed E-state index contributed by atoms with van der Waals surface area (Å²) in [6.45, 7) is 4.80. The zero-order chi connectivity index (χ0) is 38.5. The van der Waals surface area contributed by atoms with Gasteiger partial charge in [-0.05, 0) is 105 Å². The predicted octanol–water partition coefficient (Wildman–Crippen LogP) is 15.7. The maximum absolute atomic E-state index is 2.49. The van der Waals surface area contributed by atoms with E-state index in [1.807, 2.05) is 11.3 Å². The summed E-state index contributed by atoms with van der Waals surface area (Å²) >= 11 is 1.86. The van der Waals surface area contributed by atoms with Crippen LogP contribution in [0.3, 0.4) is 0 Å². The summed E-state index contributed by atoms with van der Waals surface area (Å²) in [5, 5.41) is 7.69. The zero-order valence-electron chi connectivity index (χ0n) is 32.3. The SMILES string of the molecule is CC1(C)c2cc(N(c3ccc(-c4ccccc4)cc3)c3ccc4sc5ccccc5c4c3)ccc2-c2ccc(-n3c4ccccc4c4ccc5ccccc5c43)cc21. The molecule has 0 atom stereocenters. The van der Waals surface area contributed by atoms with Gasteiger partial charge in [-0.25, -0.2) is 0 Å². The minimum Gasteiger partial charge on any atom is -0.310 e. The second-order valence-electron chi connectivity index (χ2n) is 16.1. The summed E-state index contributed by atoms with van der Waals surface area (Å²) in [5.41, 5.74) is 14.6. The standard InChI is InChI=1S/C55H38N2S/c1-55(2)49-33-40(56(38-23-20-36(21-24-38)35-12-4-3-5-13-35)39-27-31-53-48(32-39)46-17-9-11-19-52(46)58-53)25-29-43(49)44-30-26-41(34-50(44)55)57-51-18-10-8-16-45(51)47-28-22-37-14-6-7-15-42(37)54(47)57/h3-34H,1-2H3. The van der Waals surface area contributed by atoms with Crippen molar-refractivity contribution in [2.24, 2.45) is 0 Å². The average molecular weight is 759 g/mol. The average Bonchev–Trinajstić information content (AvgIpc) is 3.89. The molecule has 0 N–H and O–H groups in total. The van der Waals surface area contributed by atoms with Crippen molar-refractivity contribution in [1.29, 1.82) is 0 Å². The Kier molecular flexibility index (Phi) is 7.18. The molecule has 274 valence electrons. The van der Waals surface area contributed by atoms with Crippen molar-refractivity contribution in [3.8, 4) is 27.9 Å². The third-order valence-corrected chi connectivity index (χ3v) is 13.7. The molecule has 9 aromatic carbocycles. The van der Waals surface area contributed by atoms with Gasteiger partial charge < -0.3 is 9.47 Å². The van der Waals surface area contributed by atoms with Gasteiger partial charge in [0.15, 0.2) is 0 Å². The van der Waals surface area contributed by atoms with Crippen molar-refractivity contribution >= 4 is 81.1 Å². The first-order valence-electron chi connectivity index (χ1n) is 20.1. The molecule has 2 aromatic heterocycles. The lowest BCUT2D eigenvalue weighted by Gasteiger charge is -2.28. The van der Waals surface area contributed by atoms with Gasteiger partial charge >= 0.3 is 0 Å². The first-order valence-corrected chi connectivity index (χ1v) is 20.9. The number of hydrogen-bond donors (Lipinski definition) is 0. The molecule has 3 heteroatoms. The zero-order valence-corrected chi connectivity index (χ0v) is 33.1. The molecule has 0 bridgehead atoms. The van der Waals surface area contributed by atoms with Gasteiger partial charge in [-0.3, -0.25) is 0 Å². The second kappa shape index (κ2) is 12.5. The first-order chi connectivity index (χ1) is 28.5. The van der Waals surface area contributed by atoms with Crippen molar-refractivity contribution in [2.45, 2.75) is 19.3 Å². The quantitative estimate of drug-likeness (QED) is 0.170. The van der Waals surface area contributed by atoms with E-state index in [1.165, 1.54) is 91.8 Å². The summed E-state index contributed by atoms with van der Waals surface area (Å²) < 4.78 is 5.11. The second-order valence-corrected chi connectivity index (χ2v) is 17.2. The summed E-state index contributed by atoms with van der Waals surface area (Å²) in [6.07, 6.45) is 0. The van der Waals surface area contributed by atoms with E-state index in [2.05, 4.69) is 217 Å². The van der Waals surface area contributed by atoms with E-state index in [1.54, 1.807) is 0 Å². The fourth-order valence-electron chi connectivity index (χ4n) is 9.72. The molecule has 0 saturated heterocycles. The Morgan fingerprint density at radius 2 is 1.05 bits per heavy atom. The van der Waals surface area contributed by atoms with Crippen LogP contribution in [0.5, 0.6) is 0 Å². The van der Waals surface area contributed by atoms with Crippen LogP contribution in [-0.2, 0) is 5.41 Å². The van der Waals surface area contributed by atoms with Crippen molar-refractivity contribution in [1.82, 2.24) is 4.57 Å². The van der Waals surface area contributed by atoms with Gasteiger partial charge in [-0.2, -0.15) is 0 Å². The van der Waals surface area contributed by atoms with Crippen LogP contribution < -0.4 is 4.90 Å². The number of anilines is 3. The highest BCUT2D eigenvalue weighted by atomic mass is 32.1. The molecule has 0 amide bonds. The van der Waals surface area contributed by atoms with E-state index >= 15 is 0 Å². The van der Waals surface area contributed by atoms with E-state index in [0.29, 0.717) is 0 Å². The Morgan fingerprint density at radius 1 is 0.431 bits per heavy atom. The Hall–Kier alpha value is -6.94. The summed E-state index contributed by atoms with van der Waals surface area (Å²) in [4.78, 5) is 2.44. The van der Waals surface area contributed by atoms with E-state index in [-0.39, 0.29) is 5.41 Å². The minimum atomic E-state index is -0.228. The molecule has 0 aliphatic heterocycles. The monoisotopic (exact) mass is 758 g/mol. The van der Waals surface area contributed by atoms with E-state index < -0.39 is 0 Å². The number of benzene rings is 9. The van der Waals surface area contributed by atoms with Crippen LogP contribution in [0.4, 0.5) is 17.1 Å². The maximum Gasteiger partial charge on any atom is 0.0619 e. The normalized spacial score (nSPS) is 13.1. The van der Waals surface area contributed by atoms with Crippen LogP contribution in [0.1, 0.15) is 25.0 Å². The fraction of sp³-hybridized carbons (Fsp3) is 0.0545. The Morgan fingerprint density at radius 3 is 1.90 bits per heavy atom. The molecular formula is C55H38N2S. The molecule has 12 rings (SSSR count). The molecule has 1 aliphatic rings. The van der Waals surface area contributed by atoms with Crippen LogP contribution in [-0.4, -0.2) is 4.57 Å². The lowest BCUT2D eigenvalue weighted by molar-refractivity contribution is 0.660. The number of thiophene rings is 1. The number of fused-ring (bicyclic) bond motifs is 11. The fourth-order valence-corrected chi connectivity index (χ4v) is 10.8. The van der Waals surface area contributed by atoms with Crippen LogP contribution in [0.2, 0.25) is 0 Å². The van der Waals surface area contributed by atoms with Gasteiger partial charge in [0.05, 0.1) is 11.0 Å². The summed E-state index contributed by atoms with van der Waals surface area (Å²) in [5.74, 6) is 0. The number of rotatable bonds is 5. The van der Waals surface area contributed by atoms with Gasteiger partial charge in [0, 0.05) is 64.5 Å². The molecule has 0 unspecified atom stereocenters. The topological polar surface area (TPSA) is 8.17 Å². The highest BCUT2D eigenvalue weighted by molar-refractivity contribution is 7.25. The van der Waals surface area contributed by atoms with Gasteiger partial charge in [0.2, 0.25) is 0 Å². The number of hydrogen-bond acceptors (Lipinski definition) is 2.